The normalized spacial score (nSPS) is 12.1. The van der Waals surface area contributed by atoms with Crippen LogP contribution in [0.5, 0.6) is 5.75 Å². The third-order valence-corrected chi connectivity index (χ3v) is 3.18. The average molecular weight is 241 g/mol. The Morgan fingerprint density at radius 1 is 1.06 bits per heavy atom. The Balaban J connectivity index is 2.20. The molecule has 2 rings (SSSR count). The summed E-state index contributed by atoms with van der Waals surface area (Å²) in [4.78, 5) is 0. The summed E-state index contributed by atoms with van der Waals surface area (Å²) >= 11 is 0. The molecule has 0 aliphatic heterocycles. The van der Waals surface area contributed by atoms with E-state index in [1.54, 1.807) is 12.1 Å². The second-order valence-electron chi connectivity index (χ2n) is 4.51. The second kappa shape index (κ2) is 5.58. The molecule has 0 amide bonds. The van der Waals surface area contributed by atoms with E-state index in [-0.39, 0.29) is 6.04 Å². The molecule has 0 saturated carbocycles. The second-order valence-corrected chi connectivity index (χ2v) is 4.51. The first-order valence-electron chi connectivity index (χ1n) is 6.32. The number of phenolic OH excluding ortho intramolecular Hbond substituents is 1. The fraction of sp³-hybridized carbons (Fsp3) is 0.250. The van der Waals surface area contributed by atoms with E-state index >= 15 is 0 Å². The predicted molar refractivity (Wildman–Crippen MR) is 75.9 cm³/mol. The third-order valence-electron chi connectivity index (χ3n) is 3.18. The van der Waals surface area contributed by atoms with Gasteiger partial charge in [-0.15, -0.1) is 0 Å². The summed E-state index contributed by atoms with van der Waals surface area (Å²) in [5, 5.41) is 12.9. The van der Waals surface area contributed by atoms with Crippen molar-refractivity contribution in [1.29, 1.82) is 0 Å². The molecule has 1 atom stereocenters. The molecule has 94 valence electrons. The molecule has 1 unspecified atom stereocenters. The fourth-order valence-electron chi connectivity index (χ4n) is 2.05. The molecule has 2 nitrogen and oxygen atoms in total. The Bertz CT molecular complexity index is 505. The van der Waals surface area contributed by atoms with Gasteiger partial charge in [0.05, 0.1) is 6.04 Å². The first-order chi connectivity index (χ1) is 8.70. The molecule has 2 heteroatoms. The van der Waals surface area contributed by atoms with Crippen LogP contribution in [0.15, 0.2) is 48.5 Å². The van der Waals surface area contributed by atoms with E-state index in [0.29, 0.717) is 5.75 Å². The number of rotatable bonds is 4. The van der Waals surface area contributed by atoms with Gasteiger partial charge in [0, 0.05) is 5.69 Å². The van der Waals surface area contributed by atoms with Gasteiger partial charge in [-0.3, -0.25) is 0 Å². The summed E-state index contributed by atoms with van der Waals surface area (Å²) < 4.78 is 0. The first-order valence-corrected chi connectivity index (χ1v) is 6.32. The largest absolute Gasteiger partial charge is 0.508 e. The van der Waals surface area contributed by atoms with Crippen molar-refractivity contribution < 1.29 is 5.11 Å². The van der Waals surface area contributed by atoms with Crippen molar-refractivity contribution >= 4 is 5.69 Å². The Kier molecular flexibility index (Phi) is 3.88. The van der Waals surface area contributed by atoms with Gasteiger partial charge in [0.2, 0.25) is 0 Å². The monoisotopic (exact) mass is 241 g/mol. The molecule has 0 aliphatic carbocycles. The number of phenols is 1. The van der Waals surface area contributed by atoms with Crippen LogP contribution in [0.1, 0.15) is 30.5 Å². The Morgan fingerprint density at radius 2 is 1.72 bits per heavy atom. The van der Waals surface area contributed by atoms with Crippen molar-refractivity contribution in [3.05, 3.63) is 59.7 Å². The number of hydrogen-bond acceptors (Lipinski definition) is 2. The highest BCUT2D eigenvalue weighted by Gasteiger charge is 2.09. The molecular weight excluding hydrogens is 222 g/mol. The molecule has 0 spiro atoms. The first kappa shape index (κ1) is 12.5. The number of anilines is 1. The van der Waals surface area contributed by atoms with Crippen molar-refractivity contribution in [3.8, 4) is 5.75 Å². The van der Waals surface area contributed by atoms with Gasteiger partial charge in [-0.1, -0.05) is 37.3 Å². The molecule has 0 aliphatic rings. The molecule has 0 bridgehead atoms. The summed E-state index contributed by atoms with van der Waals surface area (Å²) in [6, 6.07) is 16.0. The molecule has 0 aromatic heterocycles. The van der Waals surface area contributed by atoms with Gasteiger partial charge >= 0.3 is 0 Å². The van der Waals surface area contributed by atoms with Crippen LogP contribution in [0, 0.1) is 6.92 Å². The summed E-state index contributed by atoms with van der Waals surface area (Å²) in [6.45, 7) is 4.26. The third kappa shape index (κ3) is 2.83. The number of benzene rings is 2. The summed E-state index contributed by atoms with van der Waals surface area (Å²) in [7, 11) is 0. The van der Waals surface area contributed by atoms with Gasteiger partial charge in [0.25, 0.3) is 0 Å². The van der Waals surface area contributed by atoms with Crippen LogP contribution >= 0.6 is 0 Å². The number of hydrogen-bond donors (Lipinski definition) is 2. The van der Waals surface area contributed by atoms with E-state index in [4.69, 9.17) is 0 Å². The smallest absolute Gasteiger partial charge is 0.115 e. The Morgan fingerprint density at radius 3 is 2.33 bits per heavy atom. The molecule has 0 saturated heterocycles. The van der Waals surface area contributed by atoms with Gasteiger partial charge in [-0.2, -0.15) is 0 Å². The highest BCUT2D eigenvalue weighted by atomic mass is 16.3. The summed E-state index contributed by atoms with van der Waals surface area (Å²) in [5.41, 5.74) is 3.60. The topological polar surface area (TPSA) is 32.3 Å². The zero-order chi connectivity index (χ0) is 13.0. The minimum atomic E-state index is 0.270. The maximum Gasteiger partial charge on any atom is 0.115 e. The minimum absolute atomic E-state index is 0.270. The van der Waals surface area contributed by atoms with E-state index in [1.807, 2.05) is 24.3 Å². The maximum atomic E-state index is 9.32. The summed E-state index contributed by atoms with van der Waals surface area (Å²) in [6.07, 6.45) is 0.999. The fourth-order valence-corrected chi connectivity index (χ4v) is 2.05. The van der Waals surface area contributed by atoms with Crippen LogP contribution in [0.25, 0.3) is 0 Å². The highest BCUT2D eigenvalue weighted by Crippen LogP contribution is 2.25. The number of aryl methyl sites for hydroxylation is 1. The molecule has 2 N–H and O–H groups in total. The van der Waals surface area contributed by atoms with Gasteiger partial charge in [-0.25, -0.2) is 0 Å². The van der Waals surface area contributed by atoms with Crippen molar-refractivity contribution in [1.82, 2.24) is 0 Å². The van der Waals surface area contributed by atoms with Crippen LogP contribution in [-0.2, 0) is 0 Å². The number of para-hydroxylation sites is 1. The van der Waals surface area contributed by atoms with E-state index in [9.17, 15) is 5.11 Å². The lowest BCUT2D eigenvalue weighted by Gasteiger charge is -2.20. The quantitative estimate of drug-likeness (QED) is 0.838. The van der Waals surface area contributed by atoms with Gasteiger partial charge in [-0.05, 0) is 42.7 Å². The van der Waals surface area contributed by atoms with E-state index in [2.05, 4.69) is 31.3 Å². The molecule has 18 heavy (non-hydrogen) atoms. The van der Waals surface area contributed by atoms with Crippen molar-refractivity contribution in [3.63, 3.8) is 0 Å². The van der Waals surface area contributed by atoms with Gasteiger partial charge in [0.15, 0.2) is 0 Å². The van der Waals surface area contributed by atoms with Crippen LogP contribution < -0.4 is 5.32 Å². The standard InChI is InChI=1S/C16H19NO/c1-3-15(13-8-10-14(18)11-9-13)17-16-7-5-4-6-12(16)2/h4-11,15,17-18H,3H2,1-2H3. The average Bonchev–Trinajstić information content (AvgIpc) is 2.39. The van der Waals surface area contributed by atoms with E-state index < -0.39 is 0 Å². The Hall–Kier alpha value is -1.96. The zero-order valence-electron chi connectivity index (χ0n) is 10.9. The zero-order valence-corrected chi connectivity index (χ0v) is 10.9. The lowest BCUT2D eigenvalue weighted by atomic mass is 10.0. The molecule has 0 radical (unpaired) electrons. The lowest BCUT2D eigenvalue weighted by Crippen LogP contribution is -2.10. The highest BCUT2D eigenvalue weighted by molar-refractivity contribution is 5.52. The number of nitrogens with one attached hydrogen (secondary N) is 1. The van der Waals surface area contributed by atoms with E-state index in [0.717, 1.165) is 12.1 Å². The van der Waals surface area contributed by atoms with Gasteiger partial charge < -0.3 is 10.4 Å². The van der Waals surface area contributed by atoms with Gasteiger partial charge in [0.1, 0.15) is 5.75 Å². The summed E-state index contributed by atoms with van der Waals surface area (Å²) in [5.74, 6) is 0.310. The van der Waals surface area contributed by atoms with Crippen LogP contribution in [0.2, 0.25) is 0 Å². The Labute approximate surface area is 108 Å². The van der Waals surface area contributed by atoms with Crippen LogP contribution in [0.3, 0.4) is 0 Å². The minimum Gasteiger partial charge on any atom is -0.508 e. The van der Waals surface area contributed by atoms with Crippen molar-refractivity contribution in [2.24, 2.45) is 0 Å². The lowest BCUT2D eigenvalue weighted by molar-refractivity contribution is 0.475. The number of aromatic hydroxyl groups is 1. The molecule has 0 fully saturated rings. The molecule has 2 aromatic carbocycles. The van der Waals surface area contributed by atoms with E-state index in [1.165, 1.54) is 11.1 Å². The van der Waals surface area contributed by atoms with Crippen molar-refractivity contribution in [2.45, 2.75) is 26.3 Å². The molecule has 0 heterocycles. The van der Waals surface area contributed by atoms with Crippen molar-refractivity contribution in [2.75, 3.05) is 5.32 Å². The SMILES string of the molecule is CCC(Nc1ccccc1C)c1ccc(O)cc1. The predicted octanol–water partition coefficient (Wildman–Crippen LogP) is 4.26. The van der Waals surface area contributed by atoms with Crippen LogP contribution in [0.4, 0.5) is 5.69 Å². The van der Waals surface area contributed by atoms with Crippen LogP contribution in [-0.4, -0.2) is 5.11 Å². The maximum absolute atomic E-state index is 9.32. The molecule has 2 aromatic rings. The molecular formula is C16H19NO.